The van der Waals surface area contributed by atoms with Crippen LogP contribution in [0.25, 0.3) is 0 Å². The Bertz CT molecular complexity index is 521. The number of esters is 1. The van der Waals surface area contributed by atoms with Crippen molar-refractivity contribution < 1.29 is 22.4 Å². The summed E-state index contributed by atoms with van der Waals surface area (Å²) >= 11 is 0. The molecule has 8 heteroatoms. The van der Waals surface area contributed by atoms with Crippen LogP contribution in [0.15, 0.2) is 10.7 Å². The molecule has 1 aliphatic heterocycles. The Kier molecular flexibility index (Phi) is 3.16. The molecule has 0 aliphatic carbocycles. The molecule has 1 aromatic rings. The van der Waals surface area contributed by atoms with Gasteiger partial charge < -0.3 is 14.5 Å². The third-order valence-electron chi connectivity index (χ3n) is 2.44. The van der Waals surface area contributed by atoms with Crippen molar-refractivity contribution in [2.45, 2.75) is 6.04 Å². The van der Waals surface area contributed by atoms with E-state index in [1.807, 2.05) is 0 Å². The summed E-state index contributed by atoms with van der Waals surface area (Å²) < 4.78 is 32.4. The van der Waals surface area contributed by atoms with Crippen LogP contribution in [0.3, 0.4) is 0 Å². The molecule has 1 aromatic heterocycles. The Morgan fingerprint density at radius 1 is 1.65 bits per heavy atom. The number of carbonyl (C=O) groups excluding carboxylic acids is 1. The highest BCUT2D eigenvalue weighted by atomic mass is 32.2. The van der Waals surface area contributed by atoms with Gasteiger partial charge in [0.25, 0.3) is 0 Å². The van der Waals surface area contributed by atoms with E-state index in [0.717, 1.165) is 6.26 Å². The van der Waals surface area contributed by atoms with E-state index in [9.17, 15) is 13.2 Å². The minimum Gasteiger partial charge on any atom is -0.464 e. The van der Waals surface area contributed by atoms with E-state index in [2.05, 4.69) is 15.0 Å². The first-order chi connectivity index (χ1) is 8.02. The van der Waals surface area contributed by atoms with Gasteiger partial charge in [0.2, 0.25) is 5.89 Å². The third-order valence-corrected chi connectivity index (χ3v) is 4.11. The molecule has 1 unspecified atom stereocenters. The number of rotatable bonds is 2. The SMILES string of the molecule is COC(=O)c1coc(C2CS(=O)(=O)CCN2)n1. The molecule has 2 rings (SSSR count). The van der Waals surface area contributed by atoms with Crippen molar-refractivity contribution in [3.05, 3.63) is 17.8 Å². The van der Waals surface area contributed by atoms with Gasteiger partial charge in [-0.1, -0.05) is 0 Å². The van der Waals surface area contributed by atoms with E-state index in [1.54, 1.807) is 0 Å². The number of nitrogens with zero attached hydrogens (tertiary/aromatic N) is 1. The average molecular weight is 260 g/mol. The number of methoxy groups -OCH3 is 1. The summed E-state index contributed by atoms with van der Waals surface area (Å²) in [6, 6.07) is -0.507. The molecule has 1 fully saturated rings. The number of hydrogen-bond acceptors (Lipinski definition) is 7. The van der Waals surface area contributed by atoms with Gasteiger partial charge in [-0.15, -0.1) is 0 Å². The van der Waals surface area contributed by atoms with Crippen molar-refractivity contribution in [3.8, 4) is 0 Å². The molecule has 1 saturated heterocycles. The molecule has 0 spiro atoms. The highest BCUT2D eigenvalue weighted by molar-refractivity contribution is 7.91. The maximum absolute atomic E-state index is 11.4. The molecule has 0 saturated carbocycles. The second kappa shape index (κ2) is 4.46. The molecule has 1 aliphatic rings. The van der Waals surface area contributed by atoms with Crippen molar-refractivity contribution >= 4 is 15.8 Å². The predicted molar refractivity (Wildman–Crippen MR) is 57.2 cm³/mol. The number of ether oxygens (including phenoxy) is 1. The first-order valence-electron chi connectivity index (χ1n) is 4.99. The Labute approximate surface area is 98.1 Å². The number of nitrogens with one attached hydrogen (secondary N) is 1. The van der Waals surface area contributed by atoms with Gasteiger partial charge in [0.05, 0.1) is 24.7 Å². The number of oxazole rings is 1. The van der Waals surface area contributed by atoms with Gasteiger partial charge in [0, 0.05) is 6.54 Å². The Morgan fingerprint density at radius 2 is 2.41 bits per heavy atom. The predicted octanol–water partition coefficient (Wildman–Crippen LogP) is -0.480. The molecular weight excluding hydrogens is 248 g/mol. The standard InChI is InChI=1S/C9H12N2O5S/c1-15-9(12)6-4-16-8(11-6)7-5-17(13,14)3-2-10-7/h4,7,10H,2-3,5H2,1H3. The topological polar surface area (TPSA) is 98.5 Å². The molecule has 1 N–H and O–H groups in total. The maximum atomic E-state index is 11.4. The summed E-state index contributed by atoms with van der Waals surface area (Å²) in [7, 11) is -1.84. The van der Waals surface area contributed by atoms with E-state index in [4.69, 9.17) is 4.42 Å². The van der Waals surface area contributed by atoms with E-state index >= 15 is 0 Å². The van der Waals surface area contributed by atoms with Crippen LogP contribution in [0.1, 0.15) is 22.4 Å². The zero-order valence-electron chi connectivity index (χ0n) is 9.17. The number of aromatic nitrogens is 1. The molecule has 0 bridgehead atoms. The zero-order valence-corrected chi connectivity index (χ0v) is 9.99. The Morgan fingerprint density at radius 3 is 3.06 bits per heavy atom. The first kappa shape index (κ1) is 12.1. The second-order valence-electron chi connectivity index (χ2n) is 3.68. The third kappa shape index (κ3) is 2.64. The second-order valence-corrected chi connectivity index (χ2v) is 5.91. The van der Waals surface area contributed by atoms with Gasteiger partial charge >= 0.3 is 5.97 Å². The average Bonchev–Trinajstić information content (AvgIpc) is 2.76. The minimum atomic E-state index is -3.08. The molecule has 17 heavy (non-hydrogen) atoms. The van der Waals surface area contributed by atoms with Crippen LogP contribution in [0, 0.1) is 0 Å². The van der Waals surface area contributed by atoms with Crippen LogP contribution < -0.4 is 5.32 Å². The fourth-order valence-electron chi connectivity index (χ4n) is 1.59. The van der Waals surface area contributed by atoms with Crippen LogP contribution in [0.2, 0.25) is 0 Å². The summed E-state index contributed by atoms with van der Waals surface area (Å²) in [6.07, 6.45) is 1.16. The largest absolute Gasteiger partial charge is 0.464 e. The van der Waals surface area contributed by atoms with Gasteiger partial charge in [-0.2, -0.15) is 0 Å². The normalized spacial score (nSPS) is 23.2. The molecule has 94 valence electrons. The van der Waals surface area contributed by atoms with E-state index in [0.29, 0.717) is 6.54 Å². The van der Waals surface area contributed by atoms with Gasteiger partial charge in [-0.3, -0.25) is 0 Å². The lowest BCUT2D eigenvalue weighted by molar-refractivity contribution is 0.0594. The number of carbonyl (C=O) groups is 1. The fraction of sp³-hybridized carbons (Fsp3) is 0.556. The molecular formula is C9H12N2O5S. The summed E-state index contributed by atoms with van der Waals surface area (Å²) in [5.41, 5.74) is 0.0345. The van der Waals surface area contributed by atoms with Crippen LogP contribution in [0.5, 0.6) is 0 Å². The van der Waals surface area contributed by atoms with Crippen LogP contribution in [-0.2, 0) is 14.6 Å². The number of sulfone groups is 1. The van der Waals surface area contributed by atoms with Gasteiger partial charge in [0.1, 0.15) is 6.26 Å². The highest BCUT2D eigenvalue weighted by Crippen LogP contribution is 2.18. The molecule has 0 radical (unpaired) electrons. The lowest BCUT2D eigenvalue weighted by Crippen LogP contribution is -2.39. The lowest BCUT2D eigenvalue weighted by atomic mass is 10.3. The fourth-order valence-corrected chi connectivity index (χ4v) is 2.95. The van der Waals surface area contributed by atoms with Crippen LogP contribution in [-0.4, -0.2) is 44.5 Å². The number of hydrogen-bond donors (Lipinski definition) is 1. The van der Waals surface area contributed by atoms with Crippen LogP contribution in [0.4, 0.5) is 0 Å². The molecule has 1 atom stereocenters. The monoisotopic (exact) mass is 260 g/mol. The van der Waals surface area contributed by atoms with E-state index in [-0.39, 0.29) is 23.1 Å². The smallest absolute Gasteiger partial charge is 0.360 e. The van der Waals surface area contributed by atoms with Crippen molar-refractivity contribution in [2.75, 3.05) is 25.2 Å². The molecule has 2 heterocycles. The molecule has 0 amide bonds. The summed E-state index contributed by atoms with van der Waals surface area (Å²) in [4.78, 5) is 15.1. The quantitative estimate of drug-likeness (QED) is 0.717. The summed E-state index contributed by atoms with van der Waals surface area (Å²) in [6.45, 7) is 0.350. The molecule has 0 aromatic carbocycles. The maximum Gasteiger partial charge on any atom is 0.360 e. The Hall–Kier alpha value is -1.41. The first-order valence-corrected chi connectivity index (χ1v) is 6.81. The highest BCUT2D eigenvalue weighted by Gasteiger charge is 2.29. The minimum absolute atomic E-state index is 0.0345. The van der Waals surface area contributed by atoms with Crippen molar-refractivity contribution in [1.29, 1.82) is 0 Å². The van der Waals surface area contributed by atoms with Crippen molar-refractivity contribution in [3.63, 3.8) is 0 Å². The van der Waals surface area contributed by atoms with Crippen molar-refractivity contribution in [2.24, 2.45) is 0 Å². The van der Waals surface area contributed by atoms with E-state index < -0.39 is 21.8 Å². The molecule has 7 nitrogen and oxygen atoms in total. The van der Waals surface area contributed by atoms with Crippen molar-refractivity contribution in [1.82, 2.24) is 10.3 Å². The van der Waals surface area contributed by atoms with Gasteiger partial charge in [-0.25, -0.2) is 18.2 Å². The summed E-state index contributed by atoms with van der Waals surface area (Å²) in [5, 5.41) is 2.97. The zero-order chi connectivity index (χ0) is 12.5. The Balaban J connectivity index is 2.17. The van der Waals surface area contributed by atoms with Crippen LogP contribution >= 0.6 is 0 Å². The summed E-state index contributed by atoms with van der Waals surface area (Å²) in [5.74, 6) is -0.394. The van der Waals surface area contributed by atoms with E-state index in [1.165, 1.54) is 7.11 Å². The van der Waals surface area contributed by atoms with Gasteiger partial charge in [0.15, 0.2) is 15.5 Å². The lowest BCUT2D eigenvalue weighted by Gasteiger charge is -2.20. The van der Waals surface area contributed by atoms with Gasteiger partial charge in [-0.05, 0) is 0 Å².